The molecule has 1 aromatic rings. The molecule has 3 aliphatic rings. The molecule has 0 bridgehead atoms. The van der Waals surface area contributed by atoms with E-state index in [4.69, 9.17) is 0 Å². The van der Waals surface area contributed by atoms with Gasteiger partial charge in [0.2, 0.25) is 0 Å². The van der Waals surface area contributed by atoms with E-state index >= 15 is 0 Å². The molecule has 168 valence electrons. The zero-order valence-corrected chi connectivity index (χ0v) is 18.9. The second-order valence-electron chi connectivity index (χ2n) is 10.4. The smallest absolute Gasteiger partial charge is 0.325 e. The Morgan fingerprint density at radius 3 is 2.23 bits per heavy atom. The molecule has 3 saturated heterocycles. The number of carbonyl (C=O) groups excluding carboxylic acids is 3. The molecule has 3 heterocycles. The van der Waals surface area contributed by atoms with Crippen LogP contribution in [-0.4, -0.2) is 76.8 Å². The van der Waals surface area contributed by atoms with Gasteiger partial charge in [-0.2, -0.15) is 0 Å². The summed E-state index contributed by atoms with van der Waals surface area (Å²) >= 11 is 0. The summed E-state index contributed by atoms with van der Waals surface area (Å²) in [6.07, 6.45) is 2.58. The lowest BCUT2D eigenvalue weighted by atomic mass is 9.86. The molecule has 4 amide bonds. The van der Waals surface area contributed by atoms with Gasteiger partial charge in [0.05, 0.1) is 0 Å². The Balaban J connectivity index is 1.36. The predicted octanol–water partition coefficient (Wildman–Crippen LogP) is 2.72. The lowest BCUT2D eigenvalue weighted by Crippen LogP contribution is -2.56. The summed E-state index contributed by atoms with van der Waals surface area (Å²) in [4.78, 5) is 44.6. The molecule has 1 N–H and O–H groups in total. The largest absolute Gasteiger partial charge is 0.338 e. The molecular formula is C24H34N4O3. The van der Waals surface area contributed by atoms with Gasteiger partial charge in [-0.05, 0) is 43.2 Å². The van der Waals surface area contributed by atoms with Crippen molar-refractivity contribution in [1.29, 1.82) is 0 Å². The fourth-order valence-corrected chi connectivity index (χ4v) is 5.17. The second-order valence-corrected chi connectivity index (χ2v) is 10.4. The maximum absolute atomic E-state index is 13.4. The van der Waals surface area contributed by atoms with Crippen LogP contribution in [0.4, 0.5) is 4.79 Å². The third-order valence-electron chi connectivity index (χ3n) is 6.74. The number of nitrogens with zero attached hydrogens (tertiary/aromatic N) is 3. The molecule has 0 saturated carbocycles. The van der Waals surface area contributed by atoms with Crippen LogP contribution in [-0.2, 0) is 4.79 Å². The summed E-state index contributed by atoms with van der Waals surface area (Å²) < 4.78 is 0. The number of imide groups is 1. The van der Waals surface area contributed by atoms with Gasteiger partial charge in [-0.15, -0.1) is 0 Å². The number of hydrogen-bond donors (Lipinski definition) is 1. The first-order chi connectivity index (χ1) is 14.7. The van der Waals surface area contributed by atoms with E-state index in [1.54, 1.807) is 4.90 Å². The number of rotatable bonds is 3. The Labute approximate surface area is 184 Å². The number of hydrogen-bond acceptors (Lipinski definition) is 4. The standard InChI is InChI=1S/C24H34N4O3/c1-23(2,3)17-26-13-9-19(10-14-26)28-21(30)24(25-22(28)31)11-15-27(16-12-24)20(29)18-7-5-4-6-8-18/h4-8,19H,9-17H2,1-3H3,(H,25,31). The van der Waals surface area contributed by atoms with E-state index in [2.05, 4.69) is 31.0 Å². The molecular weight excluding hydrogens is 392 g/mol. The van der Waals surface area contributed by atoms with Crippen molar-refractivity contribution in [2.24, 2.45) is 5.41 Å². The van der Waals surface area contributed by atoms with E-state index in [0.29, 0.717) is 31.5 Å². The average molecular weight is 427 g/mol. The van der Waals surface area contributed by atoms with Crippen LogP contribution in [0.5, 0.6) is 0 Å². The van der Waals surface area contributed by atoms with E-state index in [1.807, 2.05) is 30.3 Å². The highest BCUT2D eigenvalue weighted by molar-refractivity contribution is 6.07. The first-order valence-electron chi connectivity index (χ1n) is 11.4. The highest BCUT2D eigenvalue weighted by Crippen LogP contribution is 2.33. The summed E-state index contributed by atoms with van der Waals surface area (Å²) in [7, 11) is 0. The molecule has 7 heteroatoms. The van der Waals surface area contributed by atoms with Gasteiger partial charge in [-0.3, -0.25) is 14.5 Å². The number of amides is 4. The molecule has 0 radical (unpaired) electrons. The Morgan fingerprint density at radius 2 is 1.65 bits per heavy atom. The van der Waals surface area contributed by atoms with Gasteiger partial charge in [-0.25, -0.2) is 4.79 Å². The maximum Gasteiger partial charge on any atom is 0.325 e. The Kier molecular flexibility index (Phi) is 5.81. The van der Waals surface area contributed by atoms with Gasteiger partial charge in [0.15, 0.2) is 0 Å². The van der Waals surface area contributed by atoms with Crippen molar-refractivity contribution in [2.45, 2.75) is 58.0 Å². The summed E-state index contributed by atoms with van der Waals surface area (Å²) in [5.41, 5.74) is 0.0413. The molecule has 3 fully saturated rings. The van der Waals surface area contributed by atoms with Crippen LogP contribution in [0.15, 0.2) is 30.3 Å². The van der Waals surface area contributed by atoms with Crippen molar-refractivity contribution < 1.29 is 14.4 Å². The van der Waals surface area contributed by atoms with Crippen LogP contribution >= 0.6 is 0 Å². The van der Waals surface area contributed by atoms with E-state index in [1.165, 1.54) is 4.90 Å². The highest BCUT2D eigenvalue weighted by atomic mass is 16.2. The van der Waals surface area contributed by atoms with Crippen LogP contribution in [0.2, 0.25) is 0 Å². The van der Waals surface area contributed by atoms with Crippen molar-refractivity contribution >= 4 is 17.8 Å². The number of piperidine rings is 2. The molecule has 7 nitrogen and oxygen atoms in total. The van der Waals surface area contributed by atoms with E-state index < -0.39 is 5.54 Å². The number of urea groups is 1. The van der Waals surface area contributed by atoms with Crippen molar-refractivity contribution in [3.63, 3.8) is 0 Å². The van der Waals surface area contributed by atoms with Crippen molar-refractivity contribution in [1.82, 2.24) is 20.0 Å². The molecule has 3 aliphatic heterocycles. The molecule has 0 aromatic heterocycles. The SMILES string of the molecule is CC(C)(C)CN1CCC(N2C(=O)NC3(CCN(C(=O)c4ccccc4)CC3)C2=O)CC1. The number of likely N-dealkylation sites (tertiary alicyclic amines) is 2. The quantitative estimate of drug-likeness (QED) is 0.755. The van der Waals surface area contributed by atoms with Crippen LogP contribution in [0, 0.1) is 5.41 Å². The molecule has 1 aromatic carbocycles. The minimum absolute atomic E-state index is 0.0182. The van der Waals surface area contributed by atoms with Crippen LogP contribution in [0.3, 0.4) is 0 Å². The molecule has 31 heavy (non-hydrogen) atoms. The Morgan fingerprint density at radius 1 is 1.03 bits per heavy atom. The van der Waals surface area contributed by atoms with Crippen LogP contribution in [0.1, 0.15) is 56.8 Å². The zero-order chi connectivity index (χ0) is 22.2. The fraction of sp³-hybridized carbons (Fsp3) is 0.625. The van der Waals surface area contributed by atoms with E-state index in [0.717, 1.165) is 32.5 Å². The first-order valence-corrected chi connectivity index (χ1v) is 11.4. The van der Waals surface area contributed by atoms with Crippen molar-refractivity contribution in [3.05, 3.63) is 35.9 Å². The maximum atomic E-state index is 13.4. The van der Waals surface area contributed by atoms with Crippen molar-refractivity contribution in [2.75, 3.05) is 32.7 Å². The van der Waals surface area contributed by atoms with Gasteiger partial charge in [0.1, 0.15) is 5.54 Å². The summed E-state index contributed by atoms with van der Waals surface area (Å²) in [6, 6.07) is 8.91. The summed E-state index contributed by atoms with van der Waals surface area (Å²) in [5, 5.41) is 3.00. The van der Waals surface area contributed by atoms with E-state index in [9.17, 15) is 14.4 Å². The normalized spacial score (nSPS) is 22.8. The number of benzene rings is 1. The molecule has 0 aliphatic carbocycles. The van der Waals surface area contributed by atoms with Gasteiger partial charge >= 0.3 is 6.03 Å². The topological polar surface area (TPSA) is 73.0 Å². The van der Waals surface area contributed by atoms with Gasteiger partial charge in [0.25, 0.3) is 11.8 Å². The summed E-state index contributed by atoms with van der Waals surface area (Å²) in [5.74, 6) is -0.117. The Hall–Kier alpha value is -2.41. The second kappa shape index (κ2) is 8.26. The average Bonchev–Trinajstić information content (AvgIpc) is 2.97. The Bertz CT molecular complexity index is 832. The number of carbonyl (C=O) groups is 3. The fourth-order valence-electron chi connectivity index (χ4n) is 5.17. The molecule has 0 atom stereocenters. The predicted molar refractivity (Wildman–Crippen MR) is 119 cm³/mol. The van der Waals surface area contributed by atoms with Crippen molar-refractivity contribution in [3.8, 4) is 0 Å². The van der Waals surface area contributed by atoms with Gasteiger partial charge in [-0.1, -0.05) is 39.0 Å². The monoisotopic (exact) mass is 426 g/mol. The minimum Gasteiger partial charge on any atom is -0.338 e. The highest BCUT2D eigenvalue weighted by Gasteiger charge is 2.54. The molecule has 0 unspecified atom stereocenters. The molecule has 1 spiro atoms. The lowest BCUT2D eigenvalue weighted by molar-refractivity contribution is -0.135. The third-order valence-corrected chi connectivity index (χ3v) is 6.74. The van der Waals surface area contributed by atoms with Gasteiger partial charge < -0.3 is 15.1 Å². The van der Waals surface area contributed by atoms with Gasteiger partial charge in [0, 0.05) is 44.3 Å². The number of nitrogens with one attached hydrogen (secondary N) is 1. The zero-order valence-electron chi connectivity index (χ0n) is 18.9. The van der Waals surface area contributed by atoms with Crippen LogP contribution in [0.25, 0.3) is 0 Å². The lowest BCUT2D eigenvalue weighted by Gasteiger charge is -2.39. The van der Waals surface area contributed by atoms with Crippen LogP contribution < -0.4 is 5.32 Å². The third kappa shape index (κ3) is 4.47. The summed E-state index contributed by atoms with van der Waals surface area (Å²) in [6.45, 7) is 10.5. The first kappa shape index (κ1) is 21.8. The molecule has 4 rings (SSSR count). The minimum atomic E-state index is -0.854. The van der Waals surface area contributed by atoms with E-state index in [-0.39, 0.29) is 29.3 Å².